The molecule has 56 valence electrons. The van der Waals surface area contributed by atoms with E-state index in [1.807, 2.05) is 0 Å². The van der Waals surface area contributed by atoms with E-state index in [9.17, 15) is 0 Å². The highest BCUT2D eigenvalue weighted by Crippen LogP contribution is 2.56. The van der Waals surface area contributed by atoms with E-state index >= 15 is 0 Å². The number of fused-ring (bicyclic) bond motifs is 1. The molecule has 2 N–H and O–H groups in total. The van der Waals surface area contributed by atoms with Crippen LogP contribution in [-0.4, -0.2) is 6.54 Å². The quantitative estimate of drug-likeness (QED) is 0.547. The second-order valence-electron chi connectivity index (χ2n) is 3.90. The van der Waals surface area contributed by atoms with Crippen molar-refractivity contribution >= 4 is 0 Å². The van der Waals surface area contributed by atoms with Gasteiger partial charge in [0.25, 0.3) is 0 Å². The average Bonchev–Trinajstić information content (AvgIpc) is 2.16. The molecule has 1 fully saturated rings. The minimum atomic E-state index is 0.587. The molecule has 0 spiro atoms. The van der Waals surface area contributed by atoms with Crippen LogP contribution in [0.2, 0.25) is 0 Å². The Kier molecular flexibility index (Phi) is 1.19. The molecule has 0 radical (unpaired) electrons. The van der Waals surface area contributed by atoms with Gasteiger partial charge in [0, 0.05) is 0 Å². The first-order valence-corrected chi connectivity index (χ1v) is 4.17. The van der Waals surface area contributed by atoms with Crippen molar-refractivity contribution in [3.8, 4) is 0 Å². The van der Waals surface area contributed by atoms with Gasteiger partial charge >= 0.3 is 0 Å². The number of hydrogen-bond donors (Lipinski definition) is 1. The Bertz CT molecular complexity index is 183. The Balaban J connectivity index is 2.16. The molecule has 2 rings (SSSR count). The zero-order valence-corrected chi connectivity index (χ0v) is 6.56. The molecule has 1 heteroatoms. The number of nitrogens with two attached hydrogens (primary N) is 1. The lowest BCUT2D eigenvalue weighted by atomic mass is 9.60. The molecule has 10 heavy (non-hydrogen) atoms. The van der Waals surface area contributed by atoms with E-state index in [-0.39, 0.29) is 0 Å². The molecule has 0 bridgehead atoms. The molecule has 0 aromatic carbocycles. The van der Waals surface area contributed by atoms with Crippen LogP contribution in [0.5, 0.6) is 0 Å². The highest BCUT2D eigenvalue weighted by Gasteiger charge is 2.46. The Morgan fingerprint density at radius 3 is 3.20 bits per heavy atom. The lowest BCUT2D eigenvalue weighted by molar-refractivity contribution is 0.197. The van der Waals surface area contributed by atoms with E-state index in [4.69, 9.17) is 5.73 Å². The van der Waals surface area contributed by atoms with E-state index in [2.05, 4.69) is 13.0 Å². The Hall–Kier alpha value is -0.300. The minimum absolute atomic E-state index is 0.587. The monoisotopic (exact) mass is 137 g/mol. The molecular formula is C9H15N. The number of hydrogen-bond acceptors (Lipinski definition) is 1. The van der Waals surface area contributed by atoms with Gasteiger partial charge in [-0.25, -0.2) is 0 Å². The van der Waals surface area contributed by atoms with Crippen molar-refractivity contribution in [2.45, 2.75) is 26.2 Å². The molecule has 0 saturated heterocycles. The van der Waals surface area contributed by atoms with Gasteiger partial charge in [-0.15, -0.1) is 0 Å². The highest BCUT2D eigenvalue weighted by atomic mass is 14.6. The molecule has 1 nitrogen and oxygen atoms in total. The Labute approximate surface area is 62.3 Å². The standard InChI is InChI=1S/C9H15N/c1-9-4-2-3-8(9)7(5-9)6-10/h3,7H,2,4-6,10H2,1H3. The van der Waals surface area contributed by atoms with E-state index in [0.29, 0.717) is 5.41 Å². The summed E-state index contributed by atoms with van der Waals surface area (Å²) < 4.78 is 0. The Morgan fingerprint density at radius 2 is 2.60 bits per heavy atom. The highest BCUT2D eigenvalue weighted by molar-refractivity contribution is 5.30. The van der Waals surface area contributed by atoms with Crippen LogP contribution in [0, 0.1) is 11.3 Å². The summed E-state index contributed by atoms with van der Waals surface area (Å²) in [7, 11) is 0. The molecule has 0 aromatic rings. The van der Waals surface area contributed by atoms with E-state index < -0.39 is 0 Å². The summed E-state index contributed by atoms with van der Waals surface area (Å²) in [6.45, 7) is 3.24. The van der Waals surface area contributed by atoms with Gasteiger partial charge in [0.1, 0.15) is 0 Å². The van der Waals surface area contributed by atoms with Crippen LogP contribution in [0.15, 0.2) is 11.6 Å². The molecule has 0 aromatic heterocycles. The zero-order chi connectivity index (χ0) is 7.19. The second kappa shape index (κ2) is 1.85. The third kappa shape index (κ3) is 0.615. The molecule has 0 heterocycles. The maximum atomic E-state index is 5.61. The van der Waals surface area contributed by atoms with Crippen molar-refractivity contribution in [3.63, 3.8) is 0 Å². The molecule has 2 atom stereocenters. The fraction of sp³-hybridized carbons (Fsp3) is 0.778. The van der Waals surface area contributed by atoms with Crippen molar-refractivity contribution in [1.29, 1.82) is 0 Å². The topological polar surface area (TPSA) is 26.0 Å². The van der Waals surface area contributed by atoms with Gasteiger partial charge in [-0.2, -0.15) is 0 Å². The average molecular weight is 137 g/mol. The van der Waals surface area contributed by atoms with Crippen LogP contribution >= 0.6 is 0 Å². The molecule has 0 aliphatic heterocycles. The van der Waals surface area contributed by atoms with Crippen molar-refractivity contribution < 1.29 is 0 Å². The first-order chi connectivity index (χ1) is 4.76. The lowest BCUT2D eigenvalue weighted by Crippen LogP contribution is -2.39. The Morgan fingerprint density at radius 1 is 1.80 bits per heavy atom. The van der Waals surface area contributed by atoms with Crippen LogP contribution in [0.4, 0.5) is 0 Å². The van der Waals surface area contributed by atoms with Gasteiger partial charge in [0.15, 0.2) is 0 Å². The van der Waals surface area contributed by atoms with E-state index in [1.54, 1.807) is 5.57 Å². The molecule has 2 unspecified atom stereocenters. The third-order valence-electron chi connectivity index (χ3n) is 3.18. The molecule has 1 saturated carbocycles. The van der Waals surface area contributed by atoms with Crippen LogP contribution in [0.25, 0.3) is 0 Å². The lowest BCUT2D eigenvalue weighted by Gasteiger charge is -2.45. The van der Waals surface area contributed by atoms with Gasteiger partial charge in [-0.1, -0.05) is 18.6 Å². The van der Waals surface area contributed by atoms with Gasteiger partial charge < -0.3 is 5.73 Å². The summed E-state index contributed by atoms with van der Waals surface area (Å²) in [5.41, 5.74) is 7.86. The normalized spacial score (nSPS) is 44.2. The largest absolute Gasteiger partial charge is 0.330 e. The SMILES string of the molecule is CC12CCC=C1C(CN)C2. The van der Waals surface area contributed by atoms with Crippen LogP contribution in [0.3, 0.4) is 0 Å². The minimum Gasteiger partial charge on any atom is -0.330 e. The van der Waals surface area contributed by atoms with Gasteiger partial charge in [-0.05, 0) is 37.1 Å². The summed E-state index contributed by atoms with van der Waals surface area (Å²) in [5.74, 6) is 0.743. The van der Waals surface area contributed by atoms with Crippen LogP contribution < -0.4 is 5.73 Å². The van der Waals surface area contributed by atoms with Crippen molar-refractivity contribution in [3.05, 3.63) is 11.6 Å². The summed E-state index contributed by atoms with van der Waals surface area (Å²) in [4.78, 5) is 0. The fourth-order valence-electron chi connectivity index (χ4n) is 2.55. The maximum Gasteiger partial charge on any atom is -0.00110 e. The molecular weight excluding hydrogens is 122 g/mol. The zero-order valence-electron chi connectivity index (χ0n) is 6.56. The van der Waals surface area contributed by atoms with Crippen molar-refractivity contribution in [2.24, 2.45) is 17.1 Å². The van der Waals surface area contributed by atoms with Gasteiger partial charge in [-0.3, -0.25) is 0 Å². The number of allylic oxidation sites excluding steroid dienone is 1. The van der Waals surface area contributed by atoms with Gasteiger partial charge in [0.05, 0.1) is 0 Å². The third-order valence-corrected chi connectivity index (χ3v) is 3.18. The first kappa shape index (κ1) is 6.41. The summed E-state index contributed by atoms with van der Waals surface area (Å²) in [6, 6.07) is 0. The van der Waals surface area contributed by atoms with Gasteiger partial charge in [0.2, 0.25) is 0 Å². The summed E-state index contributed by atoms with van der Waals surface area (Å²) >= 11 is 0. The van der Waals surface area contributed by atoms with Crippen LogP contribution in [-0.2, 0) is 0 Å². The van der Waals surface area contributed by atoms with Crippen molar-refractivity contribution in [2.75, 3.05) is 6.54 Å². The van der Waals surface area contributed by atoms with E-state index in [1.165, 1.54) is 19.3 Å². The van der Waals surface area contributed by atoms with E-state index in [0.717, 1.165) is 12.5 Å². The van der Waals surface area contributed by atoms with Crippen molar-refractivity contribution in [1.82, 2.24) is 0 Å². The molecule has 2 aliphatic carbocycles. The second-order valence-corrected chi connectivity index (χ2v) is 3.90. The predicted molar refractivity (Wildman–Crippen MR) is 42.6 cm³/mol. The van der Waals surface area contributed by atoms with Crippen LogP contribution in [0.1, 0.15) is 26.2 Å². The maximum absolute atomic E-state index is 5.61. The summed E-state index contributed by atoms with van der Waals surface area (Å²) in [5, 5.41) is 0. The molecule has 2 aliphatic rings. The predicted octanol–water partition coefficient (Wildman–Crippen LogP) is 1.69. The fourth-order valence-corrected chi connectivity index (χ4v) is 2.55. The summed E-state index contributed by atoms with van der Waals surface area (Å²) in [6.07, 6.45) is 6.41. The molecule has 0 amide bonds. The number of rotatable bonds is 1. The smallest absolute Gasteiger partial charge is 0.00110 e. The first-order valence-electron chi connectivity index (χ1n) is 4.17.